The van der Waals surface area contributed by atoms with Crippen molar-refractivity contribution in [1.29, 1.82) is 0 Å². The summed E-state index contributed by atoms with van der Waals surface area (Å²) in [5.74, 6) is -3.10. The highest BCUT2D eigenvalue weighted by molar-refractivity contribution is 5.78. The molecule has 4 fully saturated rings. The van der Waals surface area contributed by atoms with Crippen LogP contribution in [0.15, 0.2) is 30.0 Å². The molecule has 1 saturated carbocycles. The Hall–Kier alpha value is -5.39. The average Bonchev–Trinajstić information content (AvgIpc) is 3.52. The molecule has 3 saturated heterocycles. The third-order valence-electron chi connectivity index (χ3n) is 11.1. The second-order valence-electron chi connectivity index (χ2n) is 16.2. The number of amides is 1. The third kappa shape index (κ3) is 14.8. The molecule has 1 aliphatic carbocycles. The van der Waals surface area contributed by atoms with Crippen molar-refractivity contribution in [2.75, 3.05) is 19.6 Å². The van der Waals surface area contributed by atoms with E-state index >= 15 is 0 Å². The molecule has 19 atom stereocenters. The van der Waals surface area contributed by atoms with Gasteiger partial charge in [-0.05, 0) is 12.8 Å². The van der Waals surface area contributed by atoms with Crippen LogP contribution in [-0.4, -0.2) is 208 Å². The van der Waals surface area contributed by atoms with Crippen LogP contribution in [0.4, 0.5) is 0 Å². The van der Waals surface area contributed by atoms with E-state index in [2.05, 4.69) is 35.3 Å². The Morgan fingerprint density at radius 2 is 1.07 bits per heavy atom. The molecule has 0 bridgehead atoms. The Kier molecular flexibility index (Phi) is 19.9. The molecule has 4 aliphatic rings. The van der Waals surface area contributed by atoms with Crippen LogP contribution >= 0.6 is 0 Å². The third-order valence-corrected chi connectivity index (χ3v) is 11.1. The van der Waals surface area contributed by atoms with Gasteiger partial charge < -0.3 is 133 Å². The fourth-order valence-electron chi connectivity index (χ4n) is 8.02. The SMILES string of the molecule is CCCCCC(=O)NC[C@H]1OC(O[C@@H]2[C@@H](O)[C@H](N=C(N)N)C[C@H](N=C(N)N)[C@H]2O[C@H]2O[C@H](CN=C(N)N)[C@@H](O)[C@H](O)[C@H]2N=C(N)N)[C@H](O)[C@@H]1O[C@@H]1[C@H](N=C(N)N)[C@H](O)[C@@H](CN=C(N)N)O[C@@H]1O. The molecule has 32 nitrogen and oxygen atoms in total. The zero-order valence-corrected chi connectivity index (χ0v) is 36.8. The number of rotatable bonds is 20. The molecular formula is C35H69N19O13. The predicted octanol–water partition coefficient (Wildman–Crippen LogP) is -11.3. The van der Waals surface area contributed by atoms with Crippen LogP contribution < -0.4 is 74.1 Å². The number of aliphatic hydroxyl groups is 6. The van der Waals surface area contributed by atoms with Crippen molar-refractivity contribution in [3.63, 3.8) is 0 Å². The summed E-state index contributed by atoms with van der Waals surface area (Å²) in [5.41, 5.74) is 67.9. The second kappa shape index (κ2) is 24.6. The van der Waals surface area contributed by atoms with Crippen LogP contribution in [0.25, 0.3) is 0 Å². The van der Waals surface area contributed by atoms with E-state index < -0.39 is 140 Å². The van der Waals surface area contributed by atoms with Crippen molar-refractivity contribution in [3.05, 3.63) is 0 Å². The van der Waals surface area contributed by atoms with E-state index in [0.717, 1.165) is 12.8 Å². The van der Waals surface area contributed by atoms with Gasteiger partial charge in [0, 0.05) is 13.0 Å². The number of hydrogen-bond donors (Lipinski definition) is 19. The normalized spacial score (nSPS) is 37.3. The summed E-state index contributed by atoms with van der Waals surface area (Å²) in [5, 5.41) is 71.6. The van der Waals surface area contributed by atoms with E-state index in [4.69, 9.17) is 97.2 Å². The molecule has 1 amide bonds. The molecule has 0 aromatic carbocycles. The molecule has 67 heavy (non-hydrogen) atoms. The topological polar surface area (TPSA) is 592 Å². The van der Waals surface area contributed by atoms with Crippen LogP contribution in [-0.2, 0) is 33.2 Å². The molecule has 31 N–H and O–H groups in total. The van der Waals surface area contributed by atoms with E-state index in [1.165, 1.54) is 0 Å². The van der Waals surface area contributed by atoms with Gasteiger partial charge in [0.05, 0.1) is 25.2 Å². The number of hydrogen-bond acceptors (Lipinski definition) is 19. The summed E-state index contributed by atoms with van der Waals surface area (Å²) in [6, 6.07) is -5.49. The first-order valence-corrected chi connectivity index (χ1v) is 21.3. The largest absolute Gasteiger partial charge is 0.388 e. The van der Waals surface area contributed by atoms with Crippen molar-refractivity contribution in [2.24, 2.45) is 98.8 Å². The Labute approximate surface area is 384 Å². The minimum absolute atomic E-state index is 0.147. The van der Waals surface area contributed by atoms with Gasteiger partial charge in [0.2, 0.25) is 5.91 Å². The van der Waals surface area contributed by atoms with Gasteiger partial charge in [0.25, 0.3) is 0 Å². The predicted molar refractivity (Wildman–Crippen MR) is 238 cm³/mol. The van der Waals surface area contributed by atoms with Crippen molar-refractivity contribution >= 4 is 41.7 Å². The number of carbonyl (C=O) groups excluding carboxylic acids is 1. The summed E-state index contributed by atoms with van der Waals surface area (Å²) >= 11 is 0. The number of nitrogens with two attached hydrogens (primary N) is 12. The van der Waals surface area contributed by atoms with Crippen molar-refractivity contribution in [2.45, 2.75) is 155 Å². The van der Waals surface area contributed by atoms with E-state index in [1.54, 1.807) is 0 Å². The monoisotopic (exact) mass is 964 g/mol. The molecule has 1 unspecified atom stereocenters. The number of ether oxygens (including phenoxy) is 6. The van der Waals surface area contributed by atoms with Crippen molar-refractivity contribution in [3.8, 4) is 0 Å². The lowest BCUT2D eigenvalue weighted by molar-refractivity contribution is -0.306. The molecular weight excluding hydrogens is 895 g/mol. The summed E-state index contributed by atoms with van der Waals surface area (Å²) in [6.07, 6.45) is -22.4. The Bertz CT molecular complexity index is 1790. The number of unbranched alkanes of at least 4 members (excludes halogenated alkanes) is 2. The highest BCUT2D eigenvalue weighted by Gasteiger charge is 2.56. The van der Waals surface area contributed by atoms with Crippen LogP contribution in [0.2, 0.25) is 0 Å². The molecule has 0 spiro atoms. The highest BCUT2D eigenvalue weighted by atomic mass is 16.7. The summed E-state index contributed by atoms with van der Waals surface area (Å²) < 4.78 is 36.9. The lowest BCUT2D eigenvalue weighted by atomic mass is 9.83. The summed E-state index contributed by atoms with van der Waals surface area (Å²) in [7, 11) is 0. The van der Waals surface area contributed by atoms with Gasteiger partial charge >= 0.3 is 0 Å². The van der Waals surface area contributed by atoms with Crippen LogP contribution in [0, 0.1) is 0 Å². The van der Waals surface area contributed by atoms with E-state index in [0.29, 0.717) is 6.42 Å². The number of guanidine groups is 6. The first-order valence-electron chi connectivity index (χ1n) is 21.3. The van der Waals surface area contributed by atoms with Crippen LogP contribution in [0.5, 0.6) is 0 Å². The fourth-order valence-corrected chi connectivity index (χ4v) is 8.02. The quantitative estimate of drug-likeness (QED) is 0.0306. The minimum Gasteiger partial charge on any atom is -0.388 e. The molecule has 3 aliphatic heterocycles. The van der Waals surface area contributed by atoms with Crippen LogP contribution in [0.3, 0.4) is 0 Å². The minimum atomic E-state index is -1.90. The molecule has 0 aromatic rings. The van der Waals surface area contributed by atoms with Gasteiger partial charge in [-0.15, -0.1) is 0 Å². The standard InChI is InChI=1S/C35H69N19O13/c1-2-3-4-5-15(55)48-9-14-24(65-25-16(53-34(44)45)19(57)12(62-27(25)61)7-49-30(36)37)22(60)29(64-14)67-26-18(56)10(51-32(40)41)6-11(52-33(42)43)23(26)66-28-17(54-35(46)47)21(59)20(58)13(63-28)8-50-31(38)39/h10-14,16-29,56-61H,2-9H2,1H3,(H,48,55)(H4,36,37,49)(H4,38,39,50)(H4,40,41,51)(H4,42,43,52)(H4,44,45,53)(H4,46,47,54)/t10-,11+,12-,13-,14-,16-,17-,18+,19-,20-,21-,22-,23-,24-,25-,26-,27+,28-,29?/m1/s1. The number of aliphatic hydroxyl groups excluding tert-OH is 6. The van der Waals surface area contributed by atoms with Gasteiger partial charge in [0.1, 0.15) is 85.3 Å². The summed E-state index contributed by atoms with van der Waals surface area (Å²) in [6.45, 7) is 0.928. The van der Waals surface area contributed by atoms with Crippen LogP contribution in [0.1, 0.15) is 39.0 Å². The number of nitrogens with zero attached hydrogens (tertiary/aromatic N) is 6. The maximum absolute atomic E-state index is 12.9. The zero-order valence-electron chi connectivity index (χ0n) is 36.8. The Morgan fingerprint density at radius 3 is 1.64 bits per heavy atom. The Balaban J connectivity index is 1.78. The number of aliphatic imine (C=N–C) groups is 6. The van der Waals surface area contributed by atoms with E-state index in [1.807, 2.05) is 6.92 Å². The average molecular weight is 964 g/mol. The molecule has 0 aromatic heterocycles. The maximum atomic E-state index is 12.9. The lowest BCUT2D eigenvalue weighted by Crippen LogP contribution is -2.64. The van der Waals surface area contributed by atoms with E-state index in [-0.39, 0.29) is 50.3 Å². The van der Waals surface area contributed by atoms with Crippen molar-refractivity contribution in [1.82, 2.24) is 5.32 Å². The lowest BCUT2D eigenvalue weighted by Gasteiger charge is -2.47. The number of nitrogens with one attached hydrogen (secondary N) is 1. The van der Waals surface area contributed by atoms with Crippen molar-refractivity contribution < 1.29 is 63.9 Å². The van der Waals surface area contributed by atoms with Gasteiger partial charge in [-0.3, -0.25) is 14.8 Å². The molecule has 4 rings (SSSR count). The second-order valence-corrected chi connectivity index (χ2v) is 16.2. The first-order chi connectivity index (χ1) is 31.5. The van der Waals surface area contributed by atoms with Gasteiger partial charge in [-0.1, -0.05) is 19.8 Å². The van der Waals surface area contributed by atoms with Gasteiger partial charge in [0.15, 0.2) is 54.6 Å². The van der Waals surface area contributed by atoms with Gasteiger partial charge in [-0.2, -0.15) is 0 Å². The molecule has 382 valence electrons. The molecule has 0 radical (unpaired) electrons. The smallest absolute Gasteiger partial charge is 0.220 e. The zero-order chi connectivity index (χ0) is 49.9. The fraction of sp³-hybridized carbons (Fsp3) is 0.800. The molecule has 32 heteroatoms. The number of carbonyl (C=O) groups is 1. The first kappa shape index (κ1) is 54.2. The van der Waals surface area contributed by atoms with E-state index in [9.17, 15) is 35.4 Å². The Morgan fingerprint density at radius 1 is 0.537 bits per heavy atom. The summed E-state index contributed by atoms with van der Waals surface area (Å²) in [4.78, 5) is 37.1. The van der Waals surface area contributed by atoms with Gasteiger partial charge in [-0.25, -0.2) is 20.0 Å². The maximum Gasteiger partial charge on any atom is 0.220 e. The highest BCUT2D eigenvalue weighted by Crippen LogP contribution is 2.38. The molecule has 3 heterocycles.